The molecule has 0 aromatic heterocycles. The first-order valence-corrected chi connectivity index (χ1v) is 11.6. The lowest BCUT2D eigenvalue weighted by atomic mass is 10.3. The van der Waals surface area contributed by atoms with E-state index in [2.05, 4.69) is 0 Å². The van der Waals surface area contributed by atoms with Crippen molar-refractivity contribution in [3.05, 3.63) is 0 Å². The van der Waals surface area contributed by atoms with Crippen molar-refractivity contribution in [1.29, 1.82) is 0 Å². The van der Waals surface area contributed by atoms with Crippen molar-refractivity contribution in [2.45, 2.75) is 38.3 Å². The van der Waals surface area contributed by atoms with Crippen molar-refractivity contribution >= 4 is 41.2 Å². The fourth-order valence-corrected chi connectivity index (χ4v) is 7.58. The van der Waals surface area contributed by atoms with E-state index in [1.54, 1.807) is 28.4 Å². The van der Waals surface area contributed by atoms with Gasteiger partial charge in [0.25, 0.3) is 0 Å². The molecule has 0 aromatic rings. The van der Waals surface area contributed by atoms with Gasteiger partial charge in [-0.05, 0) is 45.3 Å². The van der Waals surface area contributed by atoms with Crippen molar-refractivity contribution in [1.82, 2.24) is 0 Å². The van der Waals surface area contributed by atoms with Gasteiger partial charge < -0.3 is 18.9 Å². The highest BCUT2D eigenvalue weighted by atomic mass is 33.7. The number of rotatable bonds is 15. The van der Waals surface area contributed by atoms with Crippen LogP contribution in [0.25, 0.3) is 0 Å². The Kier molecular flexibility index (Phi) is 17.6. The first-order valence-electron chi connectivity index (χ1n) is 6.47. The highest BCUT2D eigenvalue weighted by Gasteiger charge is 2.05. The largest absolute Gasteiger partial charge is 0.356 e. The Hall–Kier alpha value is 1.24. The van der Waals surface area contributed by atoms with Crippen molar-refractivity contribution in [3.8, 4) is 0 Å². The Labute approximate surface area is 138 Å². The molecule has 0 N–H and O–H groups in total. The quantitative estimate of drug-likeness (QED) is 0.240. The zero-order chi connectivity index (χ0) is 15.1. The van der Waals surface area contributed by atoms with Crippen LogP contribution >= 0.6 is 41.2 Å². The molecule has 0 aliphatic rings. The van der Waals surface area contributed by atoms with Gasteiger partial charge in [0.2, 0.25) is 0 Å². The molecule has 8 heteroatoms. The molecule has 0 saturated heterocycles. The van der Waals surface area contributed by atoms with Gasteiger partial charge >= 0.3 is 0 Å². The number of hydrogen-bond donors (Lipinski definition) is 0. The van der Waals surface area contributed by atoms with Gasteiger partial charge in [0.05, 0.1) is 0 Å². The lowest BCUT2D eigenvalue weighted by Crippen LogP contribution is -2.12. The van der Waals surface area contributed by atoms with Crippen LogP contribution in [-0.2, 0) is 18.9 Å². The van der Waals surface area contributed by atoms with Gasteiger partial charge in [0, 0.05) is 39.9 Å². The lowest BCUT2D eigenvalue weighted by molar-refractivity contribution is -0.106. The summed E-state index contributed by atoms with van der Waals surface area (Å²) in [7, 11) is 14.2. The third kappa shape index (κ3) is 12.9. The molecule has 0 rings (SSSR count). The lowest BCUT2D eigenvalue weighted by Gasteiger charge is -2.12. The van der Waals surface area contributed by atoms with Crippen LogP contribution in [0.5, 0.6) is 0 Å². The van der Waals surface area contributed by atoms with Gasteiger partial charge in [-0.3, -0.25) is 0 Å². The van der Waals surface area contributed by atoms with E-state index in [1.807, 2.05) is 41.2 Å². The molecular formula is C12H26O4S4. The Balaban J connectivity index is 3.17. The maximum Gasteiger partial charge on any atom is 0.156 e. The van der Waals surface area contributed by atoms with E-state index in [0.717, 1.165) is 37.2 Å². The standard InChI is InChI=1S/C12H26O4S4/c1-13-11(14-2)7-5-9-17-19-20-18-10-6-8-12(15-3)16-4/h11-12H,5-10H2,1-4H3. The molecule has 0 bridgehead atoms. The average molecular weight is 363 g/mol. The van der Waals surface area contributed by atoms with Crippen LogP contribution in [0.4, 0.5) is 0 Å². The van der Waals surface area contributed by atoms with Crippen LogP contribution in [0.15, 0.2) is 0 Å². The summed E-state index contributed by atoms with van der Waals surface area (Å²) in [6.07, 6.45) is 4.01. The molecule has 122 valence electrons. The van der Waals surface area contributed by atoms with Crippen LogP contribution in [0.2, 0.25) is 0 Å². The molecule has 0 atom stereocenters. The predicted octanol–water partition coefficient (Wildman–Crippen LogP) is 4.46. The molecule has 0 amide bonds. The monoisotopic (exact) mass is 362 g/mol. The third-order valence-electron chi connectivity index (χ3n) is 2.51. The molecule has 0 unspecified atom stereocenters. The summed E-state index contributed by atoms with van der Waals surface area (Å²) in [5.41, 5.74) is 0. The molecule has 0 fully saturated rings. The van der Waals surface area contributed by atoms with E-state index in [1.165, 1.54) is 0 Å². The minimum absolute atomic E-state index is 0.0582. The first kappa shape index (κ1) is 21.2. The van der Waals surface area contributed by atoms with Gasteiger partial charge in [-0.15, -0.1) is 0 Å². The summed E-state index contributed by atoms with van der Waals surface area (Å²) in [6.45, 7) is 0. The van der Waals surface area contributed by atoms with E-state index < -0.39 is 0 Å². The van der Waals surface area contributed by atoms with Crippen molar-refractivity contribution in [2.24, 2.45) is 0 Å². The molecular weight excluding hydrogens is 336 g/mol. The van der Waals surface area contributed by atoms with Crippen molar-refractivity contribution in [2.75, 3.05) is 39.9 Å². The third-order valence-corrected chi connectivity index (χ3v) is 9.15. The smallest absolute Gasteiger partial charge is 0.156 e. The fraction of sp³-hybridized carbons (Fsp3) is 1.00. The first-order chi connectivity index (χ1) is 9.78. The molecule has 0 aliphatic carbocycles. The highest BCUT2D eigenvalue weighted by Crippen LogP contribution is 2.43. The molecule has 0 radical (unpaired) electrons. The average Bonchev–Trinajstić information content (AvgIpc) is 2.49. The zero-order valence-corrected chi connectivity index (χ0v) is 15.9. The summed E-state index contributed by atoms with van der Waals surface area (Å²) in [6, 6.07) is 0. The van der Waals surface area contributed by atoms with E-state index >= 15 is 0 Å². The van der Waals surface area contributed by atoms with Crippen LogP contribution in [0, 0.1) is 0 Å². The van der Waals surface area contributed by atoms with Crippen LogP contribution < -0.4 is 0 Å². The van der Waals surface area contributed by atoms with Crippen LogP contribution in [0.1, 0.15) is 25.7 Å². The summed E-state index contributed by atoms with van der Waals surface area (Å²) in [4.78, 5) is 0. The van der Waals surface area contributed by atoms with E-state index in [4.69, 9.17) is 18.9 Å². The molecule has 0 aromatic carbocycles. The second kappa shape index (κ2) is 16.6. The molecule has 20 heavy (non-hydrogen) atoms. The molecule has 0 spiro atoms. The fourth-order valence-electron chi connectivity index (χ4n) is 1.39. The minimum atomic E-state index is -0.0582. The Morgan fingerprint density at radius 1 is 0.650 bits per heavy atom. The van der Waals surface area contributed by atoms with Gasteiger partial charge in [-0.2, -0.15) is 0 Å². The topological polar surface area (TPSA) is 36.9 Å². The summed E-state index contributed by atoms with van der Waals surface area (Å²) >= 11 is 0. The Morgan fingerprint density at radius 3 is 1.30 bits per heavy atom. The zero-order valence-electron chi connectivity index (χ0n) is 12.7. The molecule has 0 aliphatic heterocycles. The molecule has 0 heterocycles. The molecule has 4 nitrogen and oxygen atoms in total. The van der Waals surface area contributed by atoms with Crippen LogP contribution in [0.3, 0.4) is 0 Å². The maximum atomic E-state index is 5.14. The predicted molar refractivity (Wildman–Crippen MR) is 94.2 cm³/mol. The van der Waals surface area contributed by atoms with Gasteiger partial charge in [0.15, 0.2) is 12.6 Å². The summed E-state index contributed by atoms with van der Waals surface area (Å²) in [5, 5.41) is 0. The molecule has 0 saturated carbocycles. The normalized spacial score (nSPS) is 11.7. The number of ether oxygens (including phenoxy) is 4. The minimum Gasteiger partial charge on any atom is -0.356 e. The summed E-state index contributed by atoms with van der Waals surface area (Å²) in [5.74, 6) is 2.24. The second-order valence-corrected chi connectivity index (χ2v) is 10.1. The second-order valence-electron chi connectivity index (χ2n) is 3.87. The summed E-state index contributed by atoms with van der Waals surface area (Å²) < 4.78 is 20.6. The van der Waals surface area contributed by atoms with Gasteiger partial charge in [-0.25, -0.2) is 0 Å². The van der Waals surface area contributed by atoms with E-state index in [-0.39, 0.29) is 12.6 Å². The van der Waals surface area contributed by atoms with E-state index in [0.29, 0.717) is 0 Å². The Morgan fingerprint density at radius 2 is 1.00 bits per heavy atom. The SMILES string of the molecule is COC(CCCSSSSCCCC(OC)OC)OC. The van der Waals surface area contributed by atoms with Gasteiger partial charge in [-0.1, -0.05) is 21.6 Å². The van der Waals surface area contributed by atoms with Crippen molar-refractivity contribution in [3.63, 3.8) is 0 Å². The highest BCUT2D eigenvalue weighted by molar-refractivity contribution is 9.26. The number of methoxy groups -OCH3 is 4. The van der Waals surface area contributed by atoms with Gasteiger partial charge in [0.1, 0.15) is 0 Å². The Bertz CT molecular complexity index is 172. The van der Waals surface area contributed by atoms with Crippen LogP contribution in [-0.4, -0.2) is 52.5 Å². The van der Waals surface area contributed by atoms with E-state index in [9.17, 15) is 0 Å². The maximum absolute atomic E-state index is 5.14. The number of hydrogen-bond acceptors (Lipinski definition) is 8. The van der Waals surface area contributed by atoms with Crippen molar-refractivity contribution < 1.29 is 18.9 Å².